The van der Waals surface area contributed by atoms with Gasteiger partial charge in [-0.2, -0.15) is 0 Å². The first-order chi connectivity index (χ1) is 22.3. The number of carbonyl (C=O) groups excluding carboxylic acids is 1. The average Bonchev–Trinajstić information content (AvgIpc) is 3.81. The van der Waals surface area contributed by atoms with Crippen molar-refractivity contribution in [2.24, 2.45) is 5.73 Å². The topological polar surface area (TPSA) is 141 Å². The van der Waals surface area contributed by atoms with E-state index in [4.69, 9.17) is 10.5 Å². The fourth-order valence-electron chi connectivity index (χ4n) is 5.03. The Kier molecular flexibility index (Phi) is 16.0. The molecule has 2 saturated heterocycles. The van der Waals surface area contributed by atoms with Crippen LogP contribution in [0.5, 0.6) is 0 Å². The number of carboxylic acid groups (broad SMARTS) is 1. The number of allylic oxidation sites excluding steroid dienone is 3. The van der Waals surface area contributed by atoms with Crippen molar-refractivity contribution in [2.45, 2.75) is 96.2 Å². The van der Waals surface area contributed by atoms with Crippen LogP contribution in [-0.4, -0.2) is 53.3 Å². The predicted molar refractivity (Wildman–Crippen MR) is 189 cm³/mol. The Morgan fingerprint density at radius 2 is 1.80 bits per heavy atom. The van der Waals surface area contributed by atoms with Crippen molar-refractivity contribution in [3.63, 3.8) is 0 Å². The lowest BCUT2D eigenvalue weighted by molar-refractivity contribution is -0.142. The summed E-state index contributed by atoms with van der Waals surface area (Å²) < 4.78 is 5.09. The van der Waals surface area contributed by atoms with E-state index in [-0.39, 0.29) is 23.7 Å². The van der Waals surface area contributed by atoms with Gasteiger partial charge in [0, 0.05) is 30.1 Å². The van der Waals surface area contributed by atoms with Gasteiger partial charge in [-0.05, 0) is 81.7 Å². The predicted octanol–water partition coefficient (Wildman–Crippen LogP) is 6.06. The van der Waals surface area contributed by atoms with E-state index in [2.05, 4.69) is 33.4 Å². The summed E-state index contributed by atoms with van der Waals surface area (Å²) in [6.07, 6.45) is 9.17. The van der Waals surface area contributed by atoms with Crippen LogP contribution in [0.15, 0.2) is 77.8 Å². The van der Waals surface area contributed by atoms with Crippen molar-refractivity contribution in [1.29, 1.82) is 0 Å². The van der Waals surface area contributed by atoms with Gasteiger partial charge in [0.25, 0.3) is 0 Å². The van der Waals surface area contributed by atoms with Gasteiger partial charge in [-0.1, -0.05) is 61.9 Å². The number of benzene rings is 2. The Morgan fingerprint density at radius 3 is 2.35 bits per heavy atom. The number of carboxylic acids is 1. The molecule has 3 fully saturated rings. The molecule has 1 amide bonds. The minimum Gasteiger partial charge on any atom is -0.480 e. The Bertz CT molecular complexity index is 1280. The van der Waals surface area contributed by atoms with E-state index in [0.717, 1.165) is 56.5 Å². The molecule has 10 heteroatoms. The number of rotatable bonds is 14. The van der Waals surface area contributed by atoms with Gasteiger partial charge < -0.3 is 31.5 Å². The molecule has 4 atom stereocenters. The summed E-state index contributed by atoms with van der Waals surface area (Å²) in [5.41, 5.74) is 11.8. The number of amides is 1. The molecule has 1 saturated carbocycles. The maximum Gasteiger partial charge on any atom is 0.326 e. The third-order valence-electron chi connectivity index (χ3n) is 7.95. The average molecular weight is 652 g/mol. The van der Waals surface area contributed by atoms with Gasteiger partial charge in [0.05, 0.1) is 23.8 Å². The summed E-state index contributed by atoms with van der Waals surface area (Å²) in [5.74, 6) is 0.0851. The SMILES string of the molecule is C/C=C(\N)NCCCCC(Nc1ccc(CC(NC(=O)C2CSC(C)N2)C(=O)O)cc1)=C1CCC1.CC.c1ccc(C2CO2)cc1. The number of aliphatic carboxylic acids is 1. The van der Waals surface area contributed by atoms with Crippen LogP contribution in [0, 0.1) is 0 Å². The Labute approximate surface area is 279 Å². The number of nitrogens with two attached hydrogens (primary N) is 1. The lowest BCUT2D eigenvalue weighted by Crippen LogP contribution is -2.50. The normalized spacial score (nSPS) is 20.5. The number of nitrogens with one attached hydrogen (secondary N) is 4. The summed E-state index contributed by atoms with van der Waals surface area (Å²) >= 11 is 1.66. The van der Waals surface area contributed by atoms with Crippen LogP contribution in [-0.2, 0) is 20.7 Å². The van der Waals surface area contributed by atoms with E-state index in [1.807, 2.05) is 76.2 Å². The molecule has 0 spiro atoms. The standard InChI is InChI=1S/C26H39N5O3S.C8H8O.C2H6/c1-3-24(27)28-14-5-4-9-21(19-7-6-8-19)30-20-12-10-18(11-13-20)15-22(26(33)34)31-25(32)23-16-35-17(2)29-23;1-2-4-7(5-3-1)8-6-9-8;1-2/h3,10-13,17,22-23,28-30H,4-9,14-16,27H2,1-2H3,(H,31,32)(H,33,34);1-5,8H,6H2;1-2H3/b24-3+;;. The van der Waals surface area contributed by atoms with Crippen LogP contribution in [0.1, 0.15) is 83.5 Å². The third kappa shape index (κ3) is 12.7. The minimum atomic E-state index is -1.03. The summed E-state index contributed by atoms with van der Waals surface area (Å²) in [4.78, 5) is 24.2. The number of hydrogen-bond acceptors (Lipinski definition) is 8. The highest BCUT2D eigenvalue weighted by molar-refractivity contribution is 8.00. The maximum atomic E-state index is 12.5. The van der Waals surface area contributed by atoms with Gasteiger partial charge >= 0.3 is 5.97 Å². The molecule has 0 radical (unpaired) electrons. The third-order valence-corrected chi connectivity index (χ3v) is 9.11. The van der Waals surface area contributed by atoms with Crippen LogP contribution in [0.25, 0.3) is 0 Å². The van der Waals surface area contributed by atoms with E-state index in [1.165, 1.54) is 23.3 Å². The molecule has 46 heavy (non-hydrogen) atoms. The zero-order valence-corrected chi connectivity index (χ0v) is 28.6. The molecule has 5 rings (SSSR count). The first-order valence-electron chi connectivity index (χ1n) is 16.6. The highest BCUT2D eigenvalue weighted by Gasteiger charge is 2.30. The number of carbonyl (C=O) groups is 2. The molecular formula is C36H53N5O4S. The van der Waals surface area contributed by atoms with E-state index in [9.17, 15) is 14.7 Å². The van der Waals surface area contributed by atoms with Crippen molar-refractivity contribution in [2.75, 3.05) is 24.2 Å². The highest BCUT2D eigenvalue weighted by atomic mass is 32.2. The van der Waals surface area contributed by atoms with Crippen molar-refractivity contribution in [1.82, 2.24) is 16.0 Å². The van der Waals surface area contributed by atoms with Crippen LogP contribution >= 0.6 is 11.8 Å². The van der Waals surface area contributed by atoms with Crippen LogP contribution < -0.4 is 27.0 Å². The Hall–Kier alpha value is -3.47. The summed E-state index contributed by atoms with van der Waals surface area (Å²) in [5, 5.41) is 22.5. The second-order valence-electron chi connectivity index (χ2n) is 11.4. The number of anilines is 1. The molecular weight excluding hydrogens is 598 g/mol. The van der Waals surface area contributed by atoms with Crippen LogP contribution in [0.2, 0.25) is 0 Å². The molecule has 0 bridgehead atoms. The summed E-state index contributed by atoms with van der Waals surface area (Å²) in [6, 6.07) is 16.8. The number of ether oxygens (including phenoxy) is 1. The van der Waals surface area contributed by atoms with E-state index in [0.29, 0.717) is 17.7 Å². The van der Waals surface area contributed by atoms with E-state index < -0.39 is 12.0 Å². The summed E-state index contributed by atoms with van der Waals surface area (Å²) in [7, 11) is 0. The molecule has 4 unspecified atom stereocenters. The number of epoxide rings is 1. The largest absolute Gasteiger partial charge is 0.480 e. The number of unbranched alkanes of at least 4 members (excludes halogenated alkanes) is 1. The monoisotopic (exact) mass is 651 g/mol. The number of thioether (sulfide) groups is 1. The fraction of sp³-hybridized carbons (Fsp3) is 0.500. The number of hydrogen-bond donors (Lipinski definition) is 6. The van der Waals surface area contributed by atoms with Gasteiger partial charge in [0.2, 0.25) is 5.91 Å². The smallest absolute Gasteiger partial charge is 0.326 e. The lowest BCUT2D eigenvalue weighted by Gasteiger charge is -2.24. The second kappa shape index (κ2) is 19.9. The Balaban J connectivity index is 0.000000439. The molecule has 7 N–H and O–H groups in total. The van der Waals surface area contributed by atoms with Gasteiger partial charge in [0.1, 0.15) is 12.1 Å². The van der Waals surface area contributed by atoms with Gasteiger partial charge in [-0.3, -0.25) is 10.1 Å². The van der Waals surface area contributed by atoms with E-state index in [1.54, 1.807) is 11.8 Å². The van der Waals surface area contributed by atoms with Crippen molar-refractivity contribution in [3.05, 3.63) is 88.9 Å². The first-order valence-corrected chi connectivity index (χ1v) is 17.7. The van der Waals surface area contributed by atoms with Crippen molar-refractivity contribution >= 4 is 29.3 Å². The van der Waals surface area contributed by atoms with Crippen molar-refractivity contribution < 1.29 is 19.4 Å². The van der Waals surface area contributed by atoms with Gasteiger partial charge in [-0.15, -0.1) is 11.8 Å². The van der Waals surface area contributed by atoms with Gasteiger partial charge in [0.15, 0.2) is 0 Å². The quantitative estimate of drug-likeness (QED) is 0.106. The molecule has 9 nitrogen and oxygen atoms in total. The zero-order valence-electron chi connectivity index (χ0n) is 27.8. The molecule has 2 aromatic rings. The molecule has 2 heterocycles. The molecule has 1 aliphatic carbocycles. The Morgan fingerprint density at radius 1 is 1.11 bits per heavy atom. The fourth-order valence-corrected chi connectivity index (χ4v) is 6.02. The van der Waals surface area contributed by atoms with Crippen LogP contribution in [0.4, 0.5) is 5.69 Å². The summed E-state index contributed by atoms with van der Waals surface area (Å²) in [6.45, 7) is 9.68. The first kappa shape index (κ1) is 37.0. The molecule has 2 aliphatic heterocycles. The molecule has 3 aliphatic rings. The minimum absolute atomic E-state index is 0.197. The highest BCUT2D eigenvalue weighted by Crippen LogP contribution is 2.32. The van der Waals surface area contributed by atoms with E-state index >= 15 is 0 Å². The molecule has 0 aromatic heterocycles. The van der Waals surface area contributed by atoms with Crippen molar-refractivity contribution in [3.8, 4) is 0 Å². The molecule has 2 aromatic carbocycles. The second-order valence-corrected chi connectivity index (χ2v) is 12.8. The van der Waals surface area contributed by atoms with Crippen LogP contribution in [0.3, 0.4) is 0 Å². The maximum absolute atomic E-state index is 12.5. The van der Waals surface area contributed by atoms with Gasteiger partial charge in [-0.25, -0.2) is 4.79 Å². The molecule has 252 valence electrons. The zero-order chi connectivity index (χ0) is 33.3. The lowest BCUT2D eigenvalue weighted by atomic mass is 9.89.